The van der Waals surface area contributed by atoms with Crippen LogP contribution in [0.4, 0.5) is 4.79 Å². The first-order valence-corrected chi connectivity index (χ1v) is 11.7. The molecule has 2 aromatic carbocycles. The predicted molar refractivity (Wildman–Crippen MR) is 115 cm³/mol. The van der Waals surface area contributed by atoms with Gasteiger partial charge in [-0.05, 0) is 49.2 Å². The summed E-state index contributed by atoms with van der Waals surface area (Å²) >= 11 is 0. The van der Waals surface area contributed by atoms with Gasteiger partial charge in [0.15, 0.2) is 0 Å². The van der Waals surface area contributed by atoms with Crippen molar-refractivity contribution < 1.29 is 27.9 Å². The van der Waals surface area contributed by atoms with Crippen molar-refractivity contribution in [3.8, 4) is 5.75 Å². The topological polar surface area (TPSA) is 105 Å². The van der Waals surface area contributed by atoms with E-state index in [-0.39, 0.29) is 17.7 Å². The molecular formula is C22H28N2O6S. The Morgan fingerprint density at radius 2 is 1.74 bits per heavy atom. The van der Waals surface area contributed by atoms with E-state index >= 15 is 0 Å². The molecule has 2 N–H and O–H groups in total. The minimum atomic E-state index is -4.02. The van der Waals surface area contributed by atoms with E-state index in [1.54, 1.807) is 12.1 Å². The first-order chi connectivity index (χ1) is 14.9. The Labute approximate surface area is 182 Å². The number of aryl methyl sites for hydroxylation is 1. The van der Waals surface area contributed by atoms with Crippen LogP contribution in [0.1, 0.15) is 24.8 Å². The van der Waals surface area contributed by atoms with E-state index in [0.717, 1.165) is 19.4 Å². The quantitative estimate of drug-likeness (QED) is 0.472. The minimum Gasteiger partial charge on any atom is -0.497 e. The summed E-state index contributed by atoms with van der Waals surface area (Å²) in [5.74, 6) is 0.523. The summed E-state index contributed by atoms with van der Waals surface area (Å²) < 4.78 is 37.2. The fraction of sp³-hybridized carbons (Fsp3) is 0.409. The van der Waals surface area contributed by atoms with Gasteiger partial charge in [-0.3, -0.25) is 5.21 Å². The number of hydroxylamine groups is 1. The highest BCUT2D eigenvalue weighted by molar-refractivity contribution is 7.92. The number of carbonyl (C=O) groups excluding carboxylic acids is 1. The van der Waals surface area contributed by atoms with E-state index in [2.05, 4.69) is 17.0 Å². The zero-order valence-corrected chi connectivity index (χ0v) is 18.3. The van der Waals surface area contributed by atoms with Gasteiger partial charge in [0.25, 0.3) is 0 Å². The molecule has 0 saturated carbocycles. The van der Waals surface area contributed by atoms with Crippen LogP contribution in [-0.2, 0) is 21.0 Å². The Bertz CT molecular complexity index is 955. The van der Waals surface area contributed by atoms with Gasteiger partial charge in [0.1, 0.15) is 5.75 Å². The molecule has 0 bridgehead atoms. The zero-order valence-electron chi connectivity index (χ0n) is 17.5. The smallest absolute Gasteiger partial charge is 0.432 e. The molecule has 168 valence electrons. The van der Waals surface area contributed by atoms with Crippen LogP contribution in [0.2, 0.25) is 0 Å². The number of hydrogen-bond acceptors (Lipinski definition) is 7. The Kier molecular flexibility index (Phi) is 7.53. The van der Waals surface area contributed by atoms with Crippen LogP contribution in [-0.4, -0.2) is 56.3 Å². The summed E-state index contributed by atoms with van der Waals surface area (Å²) in [6.45, 7) is 1.74. The van der Waals surface area contributed by atoms with E-state index in [4.69, 9.17) is 14.7 Å². The van der Waals surface area contributed by atoms with Crippen LogP contribution < -0.4 is 10.2 Å². The summed E-state index contributed by atoms with van der Waals surface area (Å²) in [7, 11) is -2.52. The van der Waals surface area contributed by atoms with Crippen molar-refractivity contribution in [1.29, 1.82) is 0 Å². The largest absolute Gasteiger partial charge is 0.497 e. The van der Waals surface area contributed by atoms with Gasteiger partial charge in [-0.1, -0.05) is 30.3 Å². The molecule has 1 aliphatic heterocycles. The van der Waals surface area contributed by atoms with Gasteiger partial charge in [-0.25, -0.2) is 18.7 Å². The third-order valence-corrected chi connectivity index (χ3v) is 7.99. The molecular weight excluding hydrogens is 420 g/mol. The maximum atomic E-state index is 13.4. The van der Waals surface area contributed by atoms with Crippen LogP contribution >= 0.6 is 0 Å². The first-order valence-electron chi connectivity index (χ1n) is 10.2. The Morgan fingerprint density at radius 3 is 2.32 bits per heavy atom. The van der Waals surface area contributed by atoms with Gasteiger partial charge in [0.2, 0.25) is 14.8 Å². The highest BCUT2D eigenvalue weighted by Gasteiger charge is 2.50. The first kappa shape index (κ1) is 23.1. The van der Waals surface area contributed by atoms with Crippen molar-refractivity contribution in [3.05, 3.63) is 60.2 Å². The lowest BCUT2D eigenvalue weighted by molar-refractivity contribution is 0.00154. The van der Waals surface area contributed by atoms with Gasteiger partial charge >= 0.3 is 6.09 Å². The predicted octanol–water partition coefficient (Wildman–Crippen LogP) is 3.01. The second-order valence-electron chi connectivity index (χ2n) is 7.52. The van der Waals surface area contributed by atoms with Crippen LogP contribution in [0.25, 0.3) is 0 Å². The van der Waals surface area contributed by atoms with E-state index in [1.165, 1.54) is 30.3 Å². The molecule has 0 spiro atoms. The average Bonchev–Trinajstić information content (AvgIpc) is 2.80. The summed E-state index contributed by atoms with van der Waals surface area (Å²) in [6, 6.07) is 16.1. The Hall–Kier alpha value is -2.62. The zero-order chi connectivity index (χ0) is 22.3. The van der Waals surface area contributed by atoms with Gasteiger partial charge in [0, 0.05) is 25.9 Å². The van der Waals surface area contributed by atoms with Gasteiger partial charge in [0.05, 0.1) is 12.0 Å². The molecule has 1 aliphatic rings. The molecule has 1 fully saturated rings. The number of nitrogens with one attached hydrogen (secondary N) is 1. The van der Waals surface area contributed by atoms with E-state index in [1.807, 2.05) is 18.2 Å². The number of hydrogen-bond donors (Lipinski definition) is 2. The molecule has 8 nitrogen and oxygen atoms in total. The van der Waals surface area contributed by atoms with Crippen molar-refractivity contribution in [2.45, 2.75) is 35.5 Å². The number of ether oxygens (including phenoxy) is 2. The Morgan fingerprint density at radius 1 is 1.10 bits per heavy atom. The number of rotatable bonds is 8. The van der Waals surface area contributed by atoms with E-state index in [0.29, 0.717) is 18.8 Å². The number of amides is 1. The van der Waals surface area contributed by atoms with Crippen molar-refractivity contribution >= 4 is 15.9 Å². The fourth-order valence-corrected chi connectivity index (χ4v) is 5.69. The SMILES string of the molecule is COc1ccc(S(=O)(=O)C2(OC(=O)NO)CCN(CCCc3ccccc3)CC2)cc1. The van der Waals surface area contributed by atoms with Gasteiger partial charge < -0.3 is 14.4 Å². The minimum absolute atomic E-state index is 0.0385. The van der Waals surface area contributed by atoms with E-state index < -0.39 is 20.9 Å². The molecule has 0 aromatic heterocycles. The second kappa shape index (κ2) is 10.1. The molecule has 2 aromatic rings. The number of likely N-dealkylation sites (tertiary alicyclic amines) is 1. The molecule has 0 atom stereocenters. The van der Waals surface area contributed by atoms with Crippen LogP contribution in [0.15, 0.2) is 59.5 Å². The second-order valence-corrected chi connectivity index (χ2v) is 9.74. The third kappa shape index (κ3) is 5.36. The average molecular weight is 449 g/mol. The maximum absolute atomic E-state index is 13.4. The van der Waals surface area contributed by atoms with Crippen molar-refractivity contribution in [1.82, 2.24) is 10.4 Å². The molecule has 0 unspecified atom stereocenters. The normalized spacial score (nSPS) is 16.5. The molecule has 1 amide bonds. The highest BCUT2D eigenvalue weighted by atomic mass is 32.2. The van der Waals surface area contributed by atoms with Crippen LogP contribution in [0.5, 0.6) is 5.75 Å². The molecule has 9 heteroatoms. The van der Waals surface area contributed by atoms with Crippen molar-refractivity contribution in [3.63, 3.8) is 0 Å². The summed E-state index contributed by atoms with van der Waals surface area (Å²) in [6.07, 6.45) is 0.922. The molecule has 31 heavy (non-hydrogen) atoms. The monoisotopic (exact) mass is 448 g/mol. The lowest BCUT2D eigenvalue weighted by Crippen LogP contribution is -2.53. The van der Waals surface area contributed by atoms with Crippen LogP contribution in [0.3, 0.4) is 0 Å². The number of carbonyl (C=O) groups is 1. The lowest BCUT2D eigenvalue weighted by atomic mass is 10.1. The highest BCUT2D eigenvalue weighted by Crippen LogP contribution is 2.37. The standard InChI is InChI=1S/C22H28N2O6S/c1-29-19-9-11-20(12-10-19)31(27,28)22(30-21(25)23-26)13-16-24(17-14-22)15-5-8-18-6-3-2-4-7-18/h2-4,6-7,9-12,26H,5,8,13-17H2,1H3,(H,23,25). The molecule has 0 radical (unpaired) electrons. The number of methoxy groups -OCH3 is 1. The molecule has 3 rings (SSSR count). The van der Waals surface area contributed by atoms with Gasteiger partial charge in [-0.15, -0.1) is 0 Å². The third-order valence-electron chi connectivity index (χ3n) is 5.63. The molecule has 1 saturated heterocycles. The summed E-state index contributed by atoms with van der Waals surface area (Å²) in [5.41, 5.74) is 2.65. The van der Waals surface area contributed by atoms with Crippen molar-refractivity contribution in [2.24, 2.45) is 0 Å². The maximum Gasteiger partial charge on any atom is 0.432 e. The Balaban J connectivity index is 1.70. The van der Waals surface area contributed by atoms with Crippen molar-refractivity contribution in [2.75, 3.05) is 26.7 Å². The summed E-state index contributed by atoms with van der Waals surface area (Å²) in [5, 5.41) is 8.91. The van der Waals surface area contributed by atoms with Crippen LogP contribution in [0, 0.1) is 0 Å². The van der Waals surface area contributed by atoms with E-state index in [9.17, 15) is 13.2 Å². The summed E-state index contributed by atoms with van der Waals surface area (Å²) in [4.78, 5) is 12.3. The number of benzene rings is 2. The number of nitrogens with zero attached hydrogens (tertiary/aromatic N) is 1. The fourth-order valence-electron chi connectivity index (χ4n) is 3.86. The van der Waals surface area contributed by atoms with Gasteiger partial charge in [-0.2, -0.15) is 0 Å². The lowest BCUT2D eigenvalue weighted by Gasteiger charge is -2.40. The number of piperidine rings is 1. The number of sulfone groups is 1. The molecule has 1 heterocycles. The molecule has 0 aliphatic carbocycles.